The molecule has 2 nitrogen and oxygen atoms in total. The average molecular weight is 309 g/mol. The van der Waals surface area contributed by atoms with Crippen molar-refractivity contribution in [1.29, 1.82) is 0 Å². The average Bonchev–Trinajstić information content (AvgIpc) is 2.61. The molecule has 0 N–H and O–H groups in total. The largest absolute Gasteiger partial charge is 0.494 e. The lowest BCUT2D eigenvalue weighted by Crippen LogP contribution is -2.02. The zero-order valence-electron chi connectivity index (χ0n) is 13.9. The van der Waals surface area contributed by atoms with Crippen molar-refractivity contribution < 1.29 is 9.53 Å². The van der Waals surface area contributed by atoms with E-state index in [0.29, 0.717) is 11.1 Å². The van der Waals surface area contributed by atoms with E-state index in [2.05, 4.69) is 13.0 Å². The zero-order chi connectivity index (χ0) is 16.3. The second-order valence-corrected chi connectivity index (χ2v) is 5.75. The summed E-state index contributed by atoms with van der Waals surface area (Å²) in [6.07, 6.45) is 7.50. The van der Waals surface area contributed by atoms with Gasteiger partial charge in [0.2, 0.25) is 0 Å². The summed E-state index contributed by atoms with van der Waals surface area (Å²) >= 11 is 0. The van der Waals surface area contributed by atoms with Crippen LogP contribution in [-0.4, -0.2) is 12.4 Å². The lowest BCUT2D eigenvalue weighted by atomic mass is 10.0. The van der Waals surface area contributed by atoms with Crippen LogP contribution in [0.3, 0.4) is 0 Å². The summed E-state index contributed by atoms with van der Waals surface area (Å²) in [5.74, 6) is 0.774. The number of ketones is 1. The van der Waals surface area contributed by atoms with E-state index in [-0.39, 0.29) is 5.78 Å². The van der Waals surface area contributed by atoms with Gasteiger partial charge in [0.1, 0.15) is 5.75 Å². The molecule has 0 heterocycles. The third-order valence-electron chi connectivity index (χ3n) is 3.83. The molecule has 0 atom stereocenters. The summed E-state index contributed by atoms with van der Waals surface area (Å²) in [7, 11) is 0. The molecule has 0 aliphatic rings. The van der Waals surface area contributed by atoms with Gasteiger partial charge in [-0.05, 0) is 30.7 Å². The molecule has 23 heavy (non-hydrogen) atoms. The number of ether oxygens (including phenoxy) is 1. The first-order valence-corrected chi connectivity index (χ1v) is 8.55. The molecule has 2 heteroatoms. The van der Waals surface area contributed by atoms with Crippen molar-refractivity contribution in [1.82, 2.24) is 0 Å². The third-order valence-corrected chi connectivity index (χ3v) is 3.83. The number of hydrogen-bond acceptors (Lipinski definition) is 2. The fourth-order valence-electron chi connectivity index (χ4n) is 2.46. The smallest absolute Gasteiger partial charge is 0.193 e. The van der Waals surface area contributed by atoms with Crippen molar-refractivity contribution in [3.63, 3.8) is 0 Å². The van der Waals surface area contributed by atoms with Gasteiger partial charge in [-0.1, -0.05) is 69.4 Å². The maximum atomic E-state index is 12.3. The summed E-state index contributed by atoms with van der Waals surface area (Å²) in [6.45, 7) is 2.96. The topological polar surface area (TPSA) is 26.3 Å². The van der Waals surface area contributed by atoms with Crippen molar-refractivity contribution >= 4 is 5.78 Å². The minimum absolute atomic E-state index is 0.00641. The number of carbonyl (C=O) groups excluding carboxylic acids is 1. The number of rotatable bonds is 10. The van der Waals surface area contributed by atoms with Gasteiger partial charge in [0.15, 0.2) is 5.78 Å². The van der Waals surface area contributed by atoms with Gasteiger partial charge in [-0.15, -0.1) is 0 Å². The summed E-state index contributed by atoms with van der Waals surface area (Å²) in [4.78, 5) is 12.3. The molecule has 0 amide bonds. The van der Waals surface area contributed by atoms with Crippen LogP contribution in [0.25, 0.3) is 0 Å². The minimum atomic E-state index is -0.00641. The van der Waals surface area contributed by atoms with Crippen LogP contribution in [0.2, 0.25) is 0 Å². The zero-order valence-corrected chi connectivity index (χ0v) is 13.9. The molecule has 0 bridgehead atoms. The molecule has 1 radical (unpaired) electrons. The molecule has 121 valence electrons. The fraction of sp³-hybridized carbons (Fsp3) is 0.381. The van der Waals surface area contributed by atoms with Crippen molar-refractivity contribution in [2.75, 3.05) is 6.61 Å². The van der Waals surface area contributed by atoms with Crippen molar-refractivity contribution in [3.05, 3.63) is 65.7 Å². The number of unbranched alkanes of at least 4 members (excludes halogenated alkanes) is 5. The van der Waals surface area contributed by atoms with Crippen LogP contribution in [0.4, 0.5) is 0 Å². The SMILES string of the molecule is CCCCCCCCOc1c[c]c(C(=O)c2ccccc2)cc1. The van der Waals surface area contributed by atoms with Crippen molar-refractivity contribution in [2.24, 2.45) is 0 Å². The molecular formula is C21H25O2. The Morgan fingerprint density at radius 2 is 1.70 bits per heavy atom. The van der Waals surface area contributed by atoms with E-state index >= 15 is 0 Å². The maximum absolute atomic E-state index is 12.3. The molecular weight excluding hydrogens is 284 g/mol. The monoisotopic (exact) mass is 309 g/mol. The van der Waals surface area contributed by atoms with Crippen LogP contribution in [0, 0.1) is 6.07 Å². The number of benzene rings is 2. The van der Waals surface area contributed by atoms with Gasteiger partial charge in [0.25, 0.3) is 0 Å². The highest BCUT2D eigenvalue weighted by Gasteiger charge is 2.08. The van der Waals surface area contributed by atoms with E-state index in [0.717, 1.165) is 18.8 Å². The molecule has 0 unspecified atom stereocenters. The Balaban J connectivity index is 1.75. The van der Waals surface area contributed by atoms with Crippen LogP contribution >= 0.6 is 0 Å². The molecule has 2 rings (SSSR count). The van der Waals surface area contributed by atoms with E-state index in [1.165, 1.54) is 32.1 Å². The molecule has 2 aromatic carbocycles. The second-order valence-electron chi connectivity index (χ2n) is 5.75. The first kappa shape index (κ1) is 17.3. The number of hydrogen-bond donors (Lipinski definition) is 0. The van der Waals surface area contributed by atoms with Gasteiger partial charge in [0.05, 0.1) is 6.61 Å². The molecule has 2 aromatic rings. The number of carbonyl (C=O) groups is 1. The molecule has 0 fully saturated rings. The highest BCUT2D eigenvalue weighted by Crippen LogP contribution is 2.15. The fourth-order valence-corrected chi connectivity index (χ4v) is 2.46. The predicted octanol–water partition coefficient (Wildman–Crippen LogP) is 5.46. The molecule has 0 spiro atoms. The summed E-state index contributed by atoms with van der Waals surface area (Å²) in [5.41, 5.74) is 1.26. The van der Waals surface area contributed by atoms with E-state index in [1.807, 2.05) is 36.4 Å². The van der Waals surface area contributed by atoms with Gasteiger partial charge in [-0.3, -0.25) is 4.79 Å². The van der Waals surface area contributed by atoms with Gasteiger partial charge in [-0.2, -0.15) is 0 Å². The normalized spacial score (nSPS) is 10.5. The summed E-state index contributed by atoms with van der Waals surface area (Å²) < 4.78 is 5.71. The van der Waals surface area contributed by atoms with Crippen molar-refractivity contribution in [2.45, 2.75) is 45.4 Å². The Hall–Kier alpha value is -2.09. The molecule has 0 aliphatic carbocycles. The van der Waals surface area contributed by atoms with Gasteiger partial charge in [0, 0.05) is 11.1 Å². The Labute approximate surface area is 139 Å². The predicted molar refractivity (Wildman–Crippen MR) is 94.0 cm³/mol. The Bertz CT molecular complexity index is 573. The first-order chi connectivity index (χ1) is 11.3. The maximum Gasteiger partial charge on any atom is 0.193 e. The summed E-state index contributed by atoms with van der Waals surface area (Å²) in [5, 5.41) is 0. The van der Waals surface area contributed by atoms with Gasteiger partial charge >= 0.3 is 0 Å². The van der Waals surface area contributed by atoms with Crippen LogP contribution in [-0.2, 0) is 0 Å². The molecule has 0 saturated heterocycles. The quantitative estimate of drug-likeness (QED) is 0.430. The van der Waals surface area contributed by atoms with Crippen molar-refractivity contribution in [3.8, 4) is 5.75 Å². The van der Waals surface area contributed by atoms with E-state index < -0.39 is 0 Å². The first-order valence-electron chi connectivity index (χ1n) is 8.55. The van der Waals surface area contributed by atoms with Crippen LogP contribution in [0.1, 0.15) is 61.4 Å². The summed E-state index contributed by atoms with van der Waals surface area (Å²) in [6, 6.07) is 17.7. The van der Waals surface area contributed by atoms with Crippen LogP contribution < -0.4 is 4.74 Å². The highest BCUT2D eigenvalue weighted by molar-refractivity contribution is 6.08. The Morgan fingerprint density at radius 1 is 0.957 bits per heavy atom. The van der Waals surface area contributed by atoms with Crippen LogP contribution in [0.5, 0.6) is 5.75 Å². The standard InChI is InChI=1S/C21H25O2/c1-2-3-4-5-6-10-17-23-20-15-13-19(14-16-20)21(22)18-11-8-7-9-12-18/h7-9,11-13,15-16H,2-6,10,17H2,1H3. The van der Waals surface area contributed by atoms with E-state index in [1.54, 1.807) is 12.1 Å². The van der Waals surface area contributed by atoms with Gasteiger partial charge in [-0.25, -0.2) is 0 Å². The Morgan fingerprint density at radius 3 is 2.39 bits per heavy atom. The van der Waals surface area contributed by atoms with E-state index in [9.17, 15) is 4.79 Å². The third kappa shape index (κ3) is 5.90. The van der Waals surface area contributed by atoms with Crippen LogP contribution in [0.15, 0.2) is 48.5 Å². The molecule has 0 aliphatic heterocycles. The minimum Gasteiger partial charge on any atom is -0.494 e. The Kier molecular flexibility index (Phi) is 7.38. The van der Waals surface area contributed by atoms with E-state index in [4.69, 9.17) is 4.74 Å². The highest BCUT2D eigenvalue weighted by atomic mass is 16.5. The van der Waals surface area contributed by atoms with Gasteiger partial charge < -0.3 is 4.74 Å². The molecule has 0 aromatic heterocycles. The lowest BCUT2D eigenvalue weighted by molar-refractivity contribution is 0.103. The molecule has 0 saturated carbocycles. The lowest BCUT2D eigenvalue weighted by Gasteiger charge is -2.07. The second kappa shape index (κ2) is 9.83.